The van der Waals surface area contributed by atoms with Gasteiger partial charge in [-0.25, -0.2) is 0 Å². The van der Waals surface area contributed by atoms with Gasteiger partial charge in [-0.1, -0.05) is 12.1 Å². The van der Waals surface area contributed by atoms with Crippen LogP contribution in [-0.4, -0.2) is 69.9 Å². The van der Waals surface area contributed by atoms with Crippen LogP contribution in [0.3, 0.4) is 0 Å². The minimum Gasteiger partial charge on any atom is -0.495 e. The molecule has 4 aliphatic heterocycles. The van der Waals surface area contributed by atoms with E-state index in [1.165, 1.54) is 24.9 Å². The Morgan fingerprint density at radius 1 is 1.14 bits per heavy atom. The summed E-state index contributed by atoms with van der Waals surface area (Å²) in [5.74, 6) is 4.09. The van der Waals surface area contributed by atoms with E-state index >= 15 is 0 Å². The van der Waals surface area contributed by atoms with Crippen LogP contribution in [0.25, 0.3) is 0 Å². The number of ether oxygens (including phenoxy) is 2. The molecule has 1 aromatic rings. The third kappa shape index (κ3) is 3.92. The number of methoxy groups -OCH3 is 1. The largest absolute Gasteiger partial charge is 0.495 e. The molecule has 5 atom stereocenters. The molecule has 160 valence electrons. The number of para-hydroxylation sites is 2. The molecule has 29 heavy (non-hydrogen) atoms. The number of halogens is 1. The molecule has 0 aliphatic carbocycles. The van der Waals surface area contributed by atoms with Crippen molar-refractivity contribution in [2.24, 2.45) is 22.7 Å². The van der Waals surface area contributed by atoms with Crippen LogP contribution in [0.1, 0.15) is 19.3 Å². The Bertz CT molecular complexity index is 727. The van der Waals surface area contributed by atoms with Crippen LogP contribution in [0.5, 0.6) is 5.75 Å². The highest BCUT2D eigenvalue weighted by atomic mass is 127. The molecular formula is C22H33IN4O2. The van der Waals surface area contributed by atoms with Crippen molar-refractivity contribution in [2.45, 2.75) is 31.5 Å². The average Bonchev–Trinajstić information content (AvgIpc) is 3.50. The van der Waals surface area contributed by atoms with E-state index in [1.807, 2.05) is 19.2 Å². The molecule has 2 bridgehead atoms. The van der Waals surface area contributed by atoms with Crippen molar-refractivity contribution in [3.05, 3.63) is 24.3 Å². The van der Waals surface area contributed by atoms with Crippen LogP contribution in [0.4, 0.5) is 5.69 Å². The molecule has 4 saturated heterocycles. The predicted molar refractivity (Wildman–Crippen MR) is 127 cm³/mol. The lowest BCUT2D eigenvalue weighted by atomic mass is 9.82. The maximum Gasteiger partial charge on any atom is 0.193 e. The van der Waals surface area contributed by atoms with E-state index in [4.69, 9.17) is 9.47 Å². The summed E-state index contributed by atoms with van der Waals surface area (Å²) in [4.78, 5) is 9.51. The molecular weight excluding hydrogens is 479 g/mol. The minimum atomic E-state index is 0. The topological polar surface area (TPSA) is 49.3 Å². The molecule has 0 spiro atoms. The quantitative estimate of drug-likeness (QED) is 0.382. The molecule has 7 heteroatoms. The first-order valence-corrected chi connectivity index (χ1v) is 10.8. The summed E-state index contributed by atoms with van der Waals surface area (Å²) in [6.45, 7) is 5.33. The second kappa shape index (κ2) is 8.88. The third-order valence-corrected chi connectivity index (χ3v) is 7.22. The van der Waals surface area contributed by atoms with Crippen LogP contribution >= 0.6 is 24.0 Å². The maximum atomic E-state index is 6.11. The standard InChI is InChI=1S/C22H32N4O2.HI/c1-23-22(26-13-16-17(14-26)20-8-7-19(16)28-20)24-11-15-9-10-25(12-15)18-5-3-4-6-21(18)27-2;/h3-6,15-17,19-20H,7-14H2,1-2H3,(H,23,24);1H. The van der Waals surface area contributed by atoms with E-state index in [0.29, 0.717) is 30.0 Å². The van der Waals surface area contributed by atoms with E-state index in [2.05, 4.69) is 32.2 Å². The third-order valence-electron chi connectivity index (χ3n) is 7.22. The highest BCUT2D eigenvalue weighted by Crippen LogP contribution is 2.47. The van der Waals surface area contributed by atoms with Gasteiger partial charge in [0.05, 0.1) is 25.0 Å². The number of anilines is 1. The Labute approximate surface area is 191 Å². The first-order valence-electron chi connectivity index (χ1n) is 10.8. The highest BCUT2D eigenvalue weighted by molar-refractivity contribution is 14.0. The molecule has 0 aromatic heterocycles. The second-order valence-electron chi connectivity index (χ2n) is 8.72. The average molecular weight is 512 g/mol. The second-order valence-corrected chi connectivity index (χ2v) is 8.72. The van der Waals surface area contributed by atoms with Crippen LogP contribution in [-0.2, 0) is 4.74 Å². The minimum absolute atomic E-state index is 0. The Kier molecular flexibility index (Phi) is 6.44. The summed E-state index contributed by atoms with van der Waals surface area (Å²) >= 11 is 0. The summed E-state index contributed by atoms with van der Waals surface area (Å²) in [5, 5.41) is 3.67. The number of rotatable bonds is 4. The molecule has 5 rings (SSSR count). The van der Waals surface area contributed by atoms with Gasteiger partial charge in [-0.05, 0) is 37.3 Å². The predicted octanol–water partition coefficient (Wildman–Crippen LogP) is 2.82. The number of guanidine groups is 1. The van der Waals surface area contributed by atoms with Gasteiger partial charge in [0.25, 0.3) is 0 Å². The molecule has 0 amide bonds. The smallest absolute Gasteiger partial charge is 0.193 e. The molecule has 4 heterocycles. The summed E-state index contributed by atoms with van der Waals surface area (Å²) in [7, 11) is 3.66. The molecule has 0 radical (unpaired) electrons. The van der Waals surface area contributed by atoms with Crippen molar-refractivity contribution in [2.75, 3.05) is 51.8 Å². The lowest BCUT2D eigenvalue weighted by Crippen LogP contribution is -2.43. The van der Waals surface area contributed by atoms with Gasteiger partial charge >= 0.3 is 0 Å². The zero-order valence-corrected chi connectivity index (χ0v) is 19.7. The van der Waals surface area contributed by atoms with Gasteiger partial charge in [0.15, 0.2) is 5.96 Å². The van der Waals surface area contributed by atoms with E-state index in [-0.39, 0.29) is 24.0 Å². The normalized spacial score (nSPS) is 33.0. The van der Waals surface area contributed by atoms with Gasteiger partial charge in [-0.2, -0.15) is 0 Å². The Morgan fingerprint density at radius 3 is 2.55 bits per heavy atom. The van der Waals surface area contributed by atoms with Gasteiger partial charge in [0.1, 0.15) is 5.75 Å². The number of fused-ring (bicyclic) bond motifs is 5. The first-order chi connectivity index (χ1) is 13.8. The highest BCUT2D eigenvalue weighted by Gasteiger charge is 2.53. The lowest BCUT2D eigenvalue weighted by Gasteiger charge is -2.25. The molecule has 4 fully saturated rings. The fraction of sp³-hybridized carbons (Fsp3) is 0.682. The van der Waals surface area contributed by atoms with Crippen LogP contribution in [0.2, 0.25) is 0 Å². The molecule has 4 aliphatic rings. The SMILES string of the molecule is CN=C(NCC1CCN(c2ccccc2OC)C1)N1CC2C3CCC(O3)C2C1.I. The zero-order valence-electron chi connectivity index (χ0n) is 17.4. The van der Waals surface area contributed by atoms with E-state index < -0.39 is 0 Å². The van der Waals surface area contributed by atoms with Crippen LogP contribution < -0.4 is 15.0 Å². The van der Waals surface area contributed by atoms with E-state index in [1.54, 1.807) is 7.11 Å². The number of aliphatic imine (C=N–C) groups is 1. The van der Waals surface area contributed by atoms with Gasteiger partial charge in [0.2, 0.25) is 0 Å². The molecule has 1 N–H and O–H groups in total. The van der Waals surface area contributed by atoms with Crippen molar-refractivity contribution < 1.29 is 9.47 Å². The van der Waals surface area contributed by atoms with Crippen molar-refractivity contribution in [1.29, 1.82) is 0 Å². The fourth-order valence-electron chi connectivity index (χ4n) is 5.81. The summed E-state index contributed by atoms with van der Waals surface area (Å²) < 4.78 is 11.7. The molecule has 0 saturated carbocycles. The molecule has 5 unspecified atom stereocenters. The number of nitrogens with one attached hydrogen (secondary N) is 1. The summed E-state index contributed by atoms with van der Waals surface area (Å²) in [5.41, 5.74) is 1.21. The van der Waals surface area contributed by atoms with Gasteiger partial charge in [0, 0.05) is 51.6 Å². The van der Waals surface area contributed by atoms with E-state index in [0.717, 1.165) is 44.4 Å². The Hall–Kier alpha value is -1.22. The van der Waals surface area contributed by atoms with Gasteiger partial charge < -0.3 is 24.6 Å². The number of hydrogen-bond donors (Lipinski definition) is 1. The first kappa shape index (κ1) is 21.0. The van der Waals surface area contributed by atoms with Crippen molar-refractivity contribution in [3.8, 4) is 5.75 Å². The van der Waals surface area contributed by atoms with Crippen molar-refractivity contribution in [1.82, 2.24) is 10.2 Å². The van der Waals surface area contributed by atoms with Crippen LogP contribution in [0, 0.1) is 17.8 Å². The molecule has 6 nitrogen and oxygen atoms in total. The monoisotopic (exact) mass is 512 g/mol. The maximum absolute atomic E-state index is 6.11. The van der Waals surface area contributed by atoms with Gasteiger partial charge in [-0.15, -0.1) is 24.0 Å². The van der Waals surface area contributed by atoms with Crippen molar-refractivity contribution in [3.63, 3.8) is 0 Å². The Balaban J connectivity index is 0.00000205. The Morgan fingerprint density at radius 2 is 1.86 bits per heavy atom. The van der Waals surface area contributed by atoms with Gasteiger partial charge in [-0.3, -0.25) is 4.99 Å². The number of hydrogen-bond acceptors (Lipinski definition) is 4. The van der Waals surface area contributed by atoms with E-state index in [9.17, 15) is 0 Å². The number of benzene rings is 1. The van der Waals surface area contributed by atoms with Crippen molar-refractivity contribution >= 4 is 35.6 Å². The summed E-state index contributed by atoms with van der Waals surface area (Å²) in [6, 6.07) is 8.33. The zero-order chi connectivity index (χ0) is 19.1. The number of likely N-dealkylation sites (tertiary alicyclic amines) is 1. The molecule has 1 aromatic carbocycles. The lowest BCUT2D eigenvalue weighted by molar-refractivity contribution is 0.0767. The number of nitrogens with zero attached hydrogens (tertiary/aromatic N) is 3. The summed E-state index contributed by atoms with van der Waals surface area (Å²) in [6.07, 6.45) is 4.72. The fourth-order valence-corrected chi connectivity index (χ4v) is 5.81. The van der Waals surface area contributed by atoms with Crippen LogP contribution in [0.15, 0.2) is 29.3 Å².